The number of halogens is 2. The molecule has 0 aliphatic rings. The first-order valence-electron chi connectivity index (χ1n) is 10.9. The van der Waals surface area contributed by atoms with Crippen molar-refractivity contribution < 1.29 is 19.4 Å². The Morgan fingerprint density at radius 1 is 1.17 bits per heavy atom. The topological polar surface area (TPSA) is 93.4 Å². The van der Waals surface area contributed by atoms with Crippen LogP contribution in [0.1, 0.15) is 36.5 Å². The van der Waals surface area contributed by atoms with Gasteiger partial charge in [-0.05, 0) is 57.5 Å². The van der Waals surface area contributed by atoms with Crippen LogP contribution in [0.3, 0.4) is 0 Å². The molecule has 186 valence electrons. The minimum atomic E-state index is -0.953. The molecule has 0 radical (unpaired) electrons. The molecule has 10 heteroatoms. The predicted octanol–water partition coefficient (Wildman–Crippen LogP) is 6.41. The van der Waals surface area contributed by atoms with Crippen molar-refractivity contribution in [1.82, 2.24) is 9.55 Å². The maximum absolute atomic E-state index is 13.1. The summed E-state index contributed by atoms with van der Waals surface area (Å²) in [6.07, 6.45) is 0.742. The van der Waals surface area contributed by atoms with Gasteiger partial charge in [0.15, 0.2) is 0 Å². The number of carbonyl (C=O) groups excluding carboxylic acids is 1. The number of carboxylic acid groups (broad SMARTS) is 1. The number of rotatable bonds is 10. The molecule has 0 fully saturated rings. The Bertz CT molecular complexity index is 1230. The molecule has 1 aromatic heterocycles. The van der Waals surface area contributed by atoms with E-state index in [1.165, 1.54) is 11.8 Å². The average molecular weight is 536 g/mol. The third-order valence-corrected chi connectivity index (χ3v) is 7.09. The van der Waals surface area contributed by atoms with Gasteiger partial charge in [-0.25, -0.2) is 4.98 Å². The number of aromatic nitrogens is 2. The highest BCUT2D eigenvalue weighted by Gasteiger charge is 2.28. The summed E-state index contributed by atoms with van der Waals surface area (Å²) < 4.78 is 6.23. The predicted molar refractivity (Wildman–Crippen MR) is 141 cm³/mol. The van der Waals surface area contributed by atoms with Gasteiger partial charge in [0.05, 0.1) is 10.7 Å². The van der Waals surface area contributed by atoms with Crippen molar-refractivity contribution in [3.8, 4) is 11.4 Å². The Hall–Kier alpha value is -2.52. The van der Waals surface area contributed by atoms with E-state index in [2.05, 4.69) is 10.3 Å². The van der Waals surface area contributed by atoms with Crippen molar-refractivity contribution in [3.05, 3.63) is 63.9 Å². The average Bonchev–Trinajstić information content (AvgIpc) is 3.12. The van der Waals surface area contributed by atoms with Crippen molar-refractivity contribution in [2.75, 3.05) is 19.0 Å². The van der Waals surface area contributed by atoms with Crippen LogP contribution in [-0.2, 0) is 16.1 Å². The fraction of sp³-hybridized carbons (Fsp3) is 0.320. The standard InChI is InChI=1S/C25H27Cl2N3O4S/c1-15-21(23(31)28-20-11-8-17(26)14-19(20)27)29-22(30(15)12-5-13-34-4)16-6-9-18(10-7-16)35-25(2,3)24(32)33/h6-11,14H,5,12-13H2,1-4H3,(H,28,31)(H,32,33). The lowest BCUT2D eigenvalue weighted by molar-refractivity contribution is -0.138. The molecule has 0 saturated heterocycles. The zero-order chi connectivity index (χ0) is 25.8. The van der Waals surface area contributed by atoms with E-state index in [9.17, 15) is 14.7 Å². The Morgan fingerprint density at radius 3 is 2.46 bits per heavy atom. The number of ether oxygens (including phenoxy) is 1. The van der Waals surface area contributed by atoms with Crippen molar-refractivity contribution in [1.29, 1.82) is 0 Å². The molecule has 0 aliphatic carbocycles. The normalized spacial score (nSPS) is 11.5. The van der Waals surface area contributed by atoms with Crippen LogP contribution in [0, 0.1) is 6.92 Å². The zero-order valence-corrected chi connectivity index (χ0v) is 22.2. The summed E-state index contributed by atoms with van der Waals surface area (Å²) in [7, 11) is 1.64. The van der Waals surface area contributed by atoms with Crippen LogP contribution >= 0.6 is 35.0 Å². The van der Waals surface area contributed by atoms with Crippen molar-refractivity contribution in [2.24, 2.45) is 0 Å². The minimum Gasteiger partial charge on any atom is -0.480 e. The largest absolute Gasteiger partial charge is 0.480 e. The van der Waals surface area contributed by atoms with Crippen LogP contribution in [0.4, 0.5) is 5.69 Å². The SMILES string of the molecule is COCCCn1c(-c2ccc(SC(C)(C)C(=O)O)cc2)nc(C(=O)Nc2ccc(Cl)cc2Cl)c1C. The minimum absolute atomic E-state index is 0.286. The van der Waals surface area contributed by atoms with Gasteiger partial charge >= 0.3 is 5.97 Å². The zero-order valence-electron chi connectivity index (χ0n) is 19.9. The number of benzene rings is 2. The second-order valence-electron chi connectivity index (χ2n) is 8.39. The lowest BCUT2D eigenvalue weighted by Gasteiger charge is -2.18. The quantitative estimate of drug-likeness (QED) is 0.230. The molecule has 0 spiro atoms. The van der Waals surface area contributed by atoms with Crippen molar-refractivity contribution in [2.45, 2.75) is 43.4 Å². The van der Waals surface area contributed by atoms with Crippen LogP contribution in [0.2, 0.25) is 10.0 Å². The lowest BCUT2D eigenvalue weighted by Crippen LogP contribution is -2.26. The monoisotopic (exact) mass is 535 g/mol. The highest BCUT2D eigenvalue weighted by molar-refractivity contribution is 8.01. The Labute approximate surface area is 218 Å². The fourth-order valence-corrected chi connectivity index (χ4v) is 4.80. The van der Waals surface area contributed by atoms with Crippen LogP contribution in [0.25, 0.3) is 11.4 Å². The molecule has 1 heterocycles. The van der Waals surface area contributed by atoms with E-state index < -0.39 is 10.7 Å². The number of hydrogen-bond donors (Lipinski definition) is 2. The number of imidazole rings is 1. The molecule has 0 atom stereocenters. The smallest absolute Gasteiger partial charge is 0.319 e. The molecule has 0 unspecified atom stereocenters. The highest BCUT2D eigenvalue weighted by Crippen LogP contribution is 2.34. The number of aliphatic carboxylic acids is 1. The summed E-state index contributed by atoms with van der Waals surface area (Å²) >= 11 is 13.4. The van der Waals surface area contributed by atoms with Gasteiger partial charge in [-0.2, -0.15) is 0 Å². The second kappa shape index (κ2) is 11.5. The summed E-state index contributed by atoms with van der Waals surface area (Å²) in [4.78, 5) is 30.1. The molecule has 0 aliphatic heterocycles. The number of methoxy groups -OCH3 is 1. The van der Waals surface area contributed by atoms with Crippen LogP contribution in [0.5, 0.6) is 0 Å². The van der Waals surface area contributed by atoms with Crippen LogP contribution < -0.4 is 5.32 Å². The Balaban J connectivity index is 1.93. The number of carbonyl (C=O) groups is 2. The molecular formula is C25H27Cl2N3O4S. The highest BCUT2D eigenvalue weighted by atomic mass is 35.5. The first kappa shape index (κ1) is 27.1. The van der Waals surface area contributed by atoms with Gasteiger partial charge in [-0.1, -0.05) is 35.3 Å². The van der Waals surface area contributed by atoms with Crippen molar-refractivity contribution >= 4 is 52.5 Å². The van der Waals surface area contributed by atoms with E-state index in [1.807, 2.05) is 35.8 Å². The molecule has 0 bridgehead atoms. The van der Waals surface area contributed by atoms with E-state index in [0.717, 1.165) is 16.9 Å². The van der Waals surface area contributed by atoms with Gasteiger partial charge in [-0.3, -0.25) is 9.59 Å². The van der Waals surface area contributed by atoms with Crippen LogP contribution in [0.15, 0.2) is 47.4 Å². The summed E-state index contributed by atoms with van der Waals surface area (Å²) in [5.41, 5.74) is 2.25. The summed E-state index contributed by atoms with van der Waals surface area (Å²) in [5.74, 6) is -0.624. The van der Waals surface area contributed by atoms with Gasteiger partial charge in [0, 0.05) is 41.4 Å². The molecule has 1 amide bonds. The third kappa shape index (κ3) is 6.58. The molecule has 7 nitrogen and oxygen atoms in total. The summed E-state index contributed by atoms with van der Waals surface area (Å²) in [6, 6.07) is 12.3. The fourth-order valence-electron chi connectivity index (χ4n) is 3.39. The van der Waals surface area contributed by atoms with Gasteiger partial charge in [0.1, 0.15) is 16.3 Å². The van der Waals surface area contributed by atoms with E-state index in [0.29, 0.717) is 40.4 Å². The summed E-state index contributed by atoms with van der Waals surface area (Å²) in [5, 5.41) is 13.0. The molecule has 3 aromatic rings. The number of thioether (sulfide) groups is 1. The lowest BCUT2D eigenvalue weighted by atomic mass is 10.2. The Kier molecular flexibility index (Phi) is 8.88. The first-order chi connectivity index (χ1) is 16.5. The molecule has 2 N–H and O–H groups in total. The molecule has 3 rings (SSSR count). The van der Waals surface area contributed by atoms with E-state index in [1.54, 1.807) is 39.2 Å². The third-order valence-electron chi connectivity index (χ3n) is 5.35. The van der Waals surface area contributed by atoms with Gasteiger partial charge in [0.25, 0.3) is 5.91 Å². The number of hydrogen-bond acceptors (Lipinski definition) is 5. The molecule has 0 saturated carbocycles. The van der Waals surface area contributed by atoms with Crippen LogP contribution in [-0.4, -0.2) is 45.0 Å². The van der Waals surface area contributed by atoms with E-state index >= 15 is 0 Å². The van der Waals surface area contributed by atoms with Gasteiger partial charge in [-0.15, -0.1) is 11.8 Å². The Morgan fingerprint density at radius 2 is 1.86 bits per heavy atom. The first-order valence-corrected chi connectivity index (χ1v) is 12.5. The maximum Gasteiger partial charge on any atom is 0.319 e. The van der Waals surface area contributed by atoms with E-state index in [-0.39, 0.29) is 11.6 Å². The van der Waals surface area contributed by atoms with Crippen molar-refractivity contribution in [3.63, 3.8) is 0 Å². The van der Waals surface area contributed by atoms with Gasteiger partial charge < -0.3 is 19.7 Å². The molecular weight excluding hydrogens is 509 g/mol. The number of amides is 1. The number of nitrogens with one attached hydrogen (secondary N) is 1. The summed E-state index contributed by atoms with van der Waals surface area (Å²) in [6.45, 7) is 6.36. The molecule has 2 aromatic carbocycles. The number of nitrogens with zero attached hydrogens (tertiary/aromatic N) is 2. The van der Waals surface area contributed by atoms with E-state index in [4.69, 9.17) is 27.9 Å². The van der Waals surface area contributed by atoms with Gasteiger partial charge in [0.2, 0.25) is 0 Å². The maximum atomic E-state index is 13.1. The number of carboxylic acids is 1. The number of anilines is 1. The second-order valence-corrected chi connectivity index (χ2v) is 10.9. The molecule has 35 heavy (non-hydrogen) atoms.